The number of hydrogen-bond acceptors (Lipinski definition) is 8. The van der Waals surface area contributed by atoms with Crippen LogP contribution in [0.25, 0.3) is 33.2 Å². The summed E-state index contributed by atoms with van der Waals surface area (Å²) in [6.45, 7) is 8.98. The van der Waals surface area contributed by atoms with Gasteiger partial charge in [0.1, 0.15) is 11.3 Å². The Bertz CT molecular complexity index is 1790. The minimum atomic E-state index is -0.689. The monoisotopic (exact) mass is 609 g/mol. The van der Waals surface area contributed by atoms with E-state index in [4.69, 9.17) is 19.4 Å². The SMILES string of the molecule is COc1nc(N2CCC(C(C)(C)O)CC2)cc2c1c1ncc(-c3c(C)nnn3C)cc1n2[C@H](c1ccccc1)C1CCOCC1. The van der Waals surface area contributed by atoms with Gasteiger partial charge in [0, 0.05) is 51.2 Å². The van der Waals surface area contributed by atoms with Crippen LogP contribution < -0.4 is 9.64 Å². The fourth-order valence-electron chi connectivity index (χ4n) is 7.59. The molecule has 1 aromatic carbocycles. The van der Waals surface area contributed by atoms with Gasteiger partial charge < -0.3 is 24.0 Å². The number of nitrogens with zero attached hydrogens (tertiary/aromatic N) is 7. The molecule has 0 aliphatic carbocycles. The second-order valence-corrected chi connectivity index (χ2v) is 13.2. The molecule has 0 amide bonds. The fraction of sp³-hybridized carbons (Fsp3) is 0.486. The van der Waals surface area contributed by atoms with E-state index >= 15 is 0 Å². The van der Waals surface area contributed by atoms with Crippen molar-refractivity contribution in [3.05, 3.63) is 59.9 Å². The quantitative estimate of drug-likeness (QED) is 0.251. The predicted octanol–water partition coefficient (Wildman–Crippen LogP) is 5.70. The Balaban J connectivity index is 1.48. The largest absolute Gasteiger partial charge is 0.480 e. The van der Waals surface area contributed by atoms with Crippen LogP contribution in [0.3, 0.4) is 0 Å². The highest BCUT2D eigenvalue weighted by Crippen LogP contribution is 2.44. The van der Waals surface area contributed by atoms with E-state index in [0.29, 0.717) is 11.8 Å². The maximum absolute atomic E-state index is 10.7. The van der Waals surface area contributed by atoms with Crippen LogP contribution in [0.1, 0.15) is 56.8 Å². The zero-order chi connectivity index (χ0) is 31.3. The van der Waals surface area contributed by atoms with Gasteiger partial charge in [-0.15, -0.1) is 5.10 Å². The van der Waals surface area contributed by atoms with Gasteiger partial charge in [0.05, 0.1) is 46.6 Å². The number of hydrogen-bond donors (Lipinski definition) is 1. The zero-order valence-corrected chi connectivity index (χ0v) is 26.9. The van der Waals surface area contributed by atoms with E-state index in [9.17, 15) is 5.11 Å². The highest BCUT2D eigenvalue weighted by atomic mass is 16.5. The third-order valence-electron chi connectivity index (χ3n) is 9.99. The summed E-state index contributed by atoms with van der Waals surface area (Å²) < 4.78 is 16.2. The van der Waals surface area contributed by atoms with E-state index in [1.54, 1.807) is 7.11 Å². The van der Waals surface area contributed by atoms with E-state index in [-0.39, 0.29) is 12.0 Å². The molecule has 0 saturated carbocycles. The summed E-state index contributed by atoms with van der Waals surface area (Å²) in [7, 11) is 3.62. The summed E-state index contributed by atoms with van der Waals surface area (Å²) in [4.78, 5) is 12.5. The van der Waals surface area contributed by atoms with Crippen molar-refractivity contribution in [1.82, 2.24) is 29.5 Å². The van der Waals surface area contributed by atoms with Gasteiger partial charge in [-0.3, -0.25) is 4.98 Å². The Morgan fingerprint density at radius 2 is 1.76 bits per heavy atom. The summed E-state index contributed by atoms with van der Waals surface area (Å²) in [6, 6.07) is 15.3. The van der Waals surface area contributed by atoms with E-state index < -0.39 is 5.60 Å². The van der Waals surface area contributed by atoms with Crippen molar-refractivity contribution in [2.45, 2.75) is 58.1 Å². The van der Waals surface area contributed by atoms with Gasteiger partial charge in [-0.25, -0.2) is 4.68 Å². The highest BCUT2D eigenvalue weighted by molar-refractivity contribution is 6.10. The van der Waals surface area contributed by atoms with Crippen molar-refractivity contribution in [2.75, 3.05) is 38.3 Å². The summed E-state index contributed by atoms with van der Waals surface area (Å²) >= 11 is 0. The number of benzene rings is 1. The lowest BCUT2D eigenvalue weighted by Gasteiger charge is -2.38. The molecule has 2 fully saturated rings. The number of ether oxygens (including phenoxy) is 2. The van der Waals surface area contributed by atoms with E-state index in [2.05, 4.69) is 62.2 Å². The summed E-state index contributed by atoms with van der Waals surface area (Å²) in [5, 5.41) is 20.2. The minimum Gasteiger partial charge on any atom is -0.480 e. The molecule has 6 heterocycles. The molecule has 7 rings (SSSR count). The molecule has 5 aromatic rings. The number of pyridine rings is 2. The first-order valence-corrected chi connectivity index (χ1v) is 16.1. The van der Waals surface area contributed by atoms with Crippen molar-refractivity contribution in [1.29, 1.82) is 0 Å². The summed E-state index contributed by atoms with van der Waals surface area (Å²) in [5.41, 5.74) is 6.30. The molecule has 236 valence electrons. The van der Waals surface area contributed by atoms with Crippen molar-refractivity contribution in [3.63, 3.8) is 0 Å². The molecule has 0 unspecified atom stereocenters. The smallest absolute Gasteiger partial charge is 0.226 e. The van der Waals surface area contributed by atoms with Gasteiger partial charge in [0.15, 0.2) is 0 Å². The Morgan fingerprint density at radius 3 is 2.40 bits per heavy atom. The number of methoxy groups -OCH3 is 1. The number of aliphatic hydroxyl groups is 1. The first-order chi connectivity index (χ1) is 21.7. The number of anilines is 1. The average molecular weight is 610 g/mol. The molecule has 2 aliphatic rings. The van der Waals surface area contributed by atoms with Crippen LogP contribution in [0.5, 0.6) is 5.88 Å². The van der Waals surface area contributed by atoms with Crippen LogP contribution in [-0.4, -0.2) is 73.6 Å². The second-order valence-electron chi connectivity index (χ2n) is 13.2. The van der Waals surface area contributed by atoms with Gasteiger partial charge >= 0.3 is 0 Å². The molecule has 0 radical (unpaired) electrons. The molecule has 2 aliphatic heterocycles. The molecule has 2 saturated heterocycles. The Labute approximate surface area is 264 Å². The maximum Gasteiger partial charge on any atom is 0.226 e. The summed E-state index contributed by atoms with van der Waals surface area (Å²) in [6.07, 6.45) is 5.67. The number of rotatable bonds is 7. The molecule has 1 N–H and O–H groups in total. The normalized spacial score (nSPS) is 17.8. The lowest BCUT2D eigenvalue weighted by molar-refractivity contribution is 0.00645. The second kappa shape index (κ2) is 11.7. The Morgan fingerprint density at radius 1 is 1.02 bits per heavy atom. The van der Waals surface area contributed by atoms with Crippen LogP contribution in [0.4, 0.5) is 5.82 Å². The molecule has 45 heavy (non-hydrogen) atoms. The number of piperidine rings is 1. The van der Waals surface area contributed by atoms with Gasteiger partial charge in [0.2, 0.25) is 5.88 Å². The highest BCUT2D eigenvalue weighted by Gasteiger charge is 2.34. The molecular formula is C35H43N7O3. The molecular weight excluding hydrogens is 566 g/mol. The molecule has 10 heteroatoms. The van der Waals surface area contributed by atoms with Crippen LogP contribution in [0.2, 0.25) is 0 Å². The molecule has 1 atom stereocenters. The third-order valence-corrected chi connectivity index (χ3v) is 9.99. The Hall–Kier alpha value is -4.02. The lowest BCUT2D eigenvalue weighted by Crippen LogP contribution is -2.42. The molecule has 4 aromatic heterocycles. The van der Waals surface area contributed by atoms with E-state index in [0.717, 1.165) is 96.7 Å². The third kappa shape index (κ3) is 5.33. The number of aryl methyl sites for hydroxylation is 2. The fourth-order valence-corrected chi connectivity index (χ4v) is 7.59. The summed E-state index contributed by atoms with van der Waals surface area (Å²) in [5.74, 6) is 2.10. The van der Waals surface area contributed by atoms with Crippen molar-refractivity contribution in [2.24, 2.45) is 18.9 Å². The Kier molecular flexibility index (Phi) is 7.73. The van der Waals surface area contributed by atoms with Crippen molar-refractivity contribution in [3.8, 4) is 17.1 Å². The van der Waals surface area contributed by atoms with Gasteiger partial charge in [-0.1, -0.05) is 35.5 Å². The zero-order valence-electron chi connectivity index (χ0n) is 26.9. The van der Waals surface area contributed by atoms with Crippen LogP contribution in [0, 0.1) is 18.8 Å². The standard InChI is InChI=1S/C35H43N7O3/c1-22-32(40(4)39-38-22)25-19-28-31(36-21-25)30-27(42(28)33(23-9-7-6-8-10-23)24-13-17-45-18-14-24)20-29(37-34(30)44-5)41-15-11-26(12-16-41)35(2,3)43/h6-10,19-21,24,26,33,43H,11-18H2,1-5H3/t33-/m1/s1. The van der Waals surface area contributed by atoms with Gasteiger partial charge in [-0.2, -0.15) is 4.98 Å². The average Bonchev–Trinajstić information content (AvgIpc) is 3.56. The molecule has 10 nitrogen and oxygen atoms in total. The minimum absolute atomic E-state index is 0.0544. The van der Waals surface area contributed by atoms with Crippen molar-refractivity contribution >= 4 is 27.8 Å². The molecule has 0 bridgehead atoms. The first kappa shape index (κ1) is 29.7. The molecule has 0 spiro atoms. The lowest BCUT2D eigenvalue weighted by atomic mass is 9.83. The van der Waals surface area contributed by atoms with E-state index in [1.807, 2.05) is 38.7 Å². The van der Waals surface area contributed by atoms with Crippen LogP contribution in [-0.2, 0) is 11.8 Å². The number of fused-ring (bicyclic) bond motifs is 3. The van der Waals surface area contributed by atoms with E-state index in [1.165, 1.54) is 5.56 Å². The van der Waals surface area contributed by atoms with Crippen LogP contribution >= 0.6 is 0 Å². The van der Waals surface area contributed by atoms with Crippen LogP contribution in [0.15, 0.2) is 48.7 Å². The number of aromatic nitrogens is 6. The van der Waals surface area contributed by atoms with Gasteiger partial charge in [0.25, 0.3) is 0 Å². The van der Waals surface area contributed by atoms with Gasteiger partial charge in [-0.05, 0) is 69.9 Å². The first-order valence-electron chi connectivity index (χ1n) is 16.1. The van der Waals surface area contributed by atoms with Crippen molar-refractivity contribution < 1.29 is 14.6 Å². The predicted molar refractivity (Wildman–Crippen MR) is 176 cm³/mol. The maximum atomic E-state index is 10.7. The topological polar surface area (TPSA) is 103 Å².